The van der Waals surface area contributed by atoms with E-state index in [0.717, 1.165) is 30.2 Å². The van der Waals surface area contributed by atoms with Crippen molar-refractivity contribution in [3.05, 3.63) is 62.6 Å². The second kappa shape index (κ2) is 10.3. The molecule has 2 aromatic carbocycles. The summed E-state index contributed by atoms with van der Waals surface area (Å²) in [7, 11) is 0. The summed E-state index contributed by atoms with van der Waals surface area (Å²) in [4.78, 5) is 29.6. The van der Waals surface area contributed by atoms with Gasteiger partial charge in [-0.1, -0.05) is 35.2 Å². The first-order valence-electron chi connectivity index (χ1n) is 11.2. The number of rotatable bonds is 6. The van der Waals surface area contributed by atoms with Crippen LogP contribution in [0.5, 0.6) is 11.5 Å². The third-order valence-corrected chi connectivity index (χ3v) is 6.14. The van der Waals surface area contributed by atoms with E-state index in [0.29, 0.717) is 40.4 Å². The first-order chi connectivity index (χ1) is 16.0. The van der Waals surface area contributed by atoms with Gasteiger partial charge in [0, 0.05) is 17.3 Å². The number of esters is 1. The molecule has 172 valence electrons. The molecule has 8 heteroatoms. The van der Waals surface area contributed by atoms with Crippen LogP contribution in [0.25, 0.3) is 10.9 Å². The van der Waals surface area contributed by atoms with Crippen LogP contribution in [0.3, 0.4) is 0 Å². The Morgan fingerprint density at radius 1 is 1.18 bits per heavy atom. The van der Waals surface area contributed by atoms with Crippen molar-refractivity contribution in [3.63, 3.8) is 0 Å². The van der Waals surface area contributed by atoms with E-state index < -0.39 is 5.97 Å². The molecule has 0 aliphatic heterocycles. The van der Waals surface area contributed by atoms with Crippen molar-refractivity contribution in [3.8, 4) is 11.5 Å². The molecule has 0 radical (unpaired) electrons. The number of halogens is 1. The summed E-state index contributed by atoms with van der Waals surface area (Å²) in [6.45, 7) is 3.62. The average Bonchev–Trinajstić information content (AvgIpc) is 2.80. The maximum absolute atomic E-state index is 13.4. The van der Waals surface area contributed by atoms with Crippen LogP contribution in [-0.4, -0.2) is 28.5 Å². The number of carbonyl (C=O) groups excluding carboxylic acids is 1. The van der Waals surface area contributed by atoms with Gasteiger partial charge in [0.2, 0.25) is 0 Å². The van der Waals surface area contributed by atoms with Crippen LogP contribution in [0.15, 0.2) is 50.8 Å². The number of hydrogen-bond acceptors (Lipinski definition) is 6. The highest BCUT2D eigenvalue weighted by atomic mass is 79.9. The molecule has 0 atom stereocenters. The summed E-state index contributed by atoms with van der Waals surface area (Å²) in [6.07, 6.45) is 7.06. The van der Waals surface area contributed by atoms with Gasteiger partial charge >= 0.3 is 5.97 Å². The molecule has 0 bridgehead atoms. The Bertz CT molecular complexity index is 1260. The zero-order valence-corrected chi connectivity index (χ0v) is 20.3. The zero-order valence-electron chi connectivity index (χ0n) is 18.7. The van der Waals surface area contributed by atoms with Gasteiger partial charge in [-0.3, -0.25) is 9.59 Å². The highest BCUT2D eigenvalue weighted by Gasteiger charge is 2.22. The predicted octanol–water partition coefficient (Wildman–Crippen LogP) is 5.41. The van der Waals surface area contributed by atoms with E-state index in [4.69, 9.17) is 14.5 Å². The van der Waals surface area contributed by atoms with Gasteiger partial charge in [-0.2, -0.15) is 9.78 Å². The van der Waals surface area contributed by atoms with E-state index in [2.05, 4.69) is 21.0 Å². The van der Waals surface area contributed by atoms with Crippen LogP contribution < -0.4 is 15.0 Å². The summed E-state index contributed by atoms with van der Waals surface area (Å²) in [5, 5.41) is 5.08. The van der Waals surface area contributed by atoms with Gasteiger partial charge in [-0.05, 0) is 61.7 Å². The van der Waals surface area contributed by atoms with Crippen LogP contribution in [0.4, 0.5) is 0 Å². The molecule has 1 heterocycles. The number of nitrogens with zero attached hydrogens (tertiary/aromatic N) is 3. The minimum Gasteiger partial charge on any atom is -0.490 e. The summed E-state index contributed by atoms with van der Waals surface area (Å²) >= 11 is 3.44. The molecule has 33 heavy (non-hydrogen) atoms. The molecule has 1 aromatic heterocycles. The number of aromatic nitrogens is 2. The summed E-state index contributed by atoms with van der Waals surface area (Å²) in [5.41, 5.74) is 1.20. The maximum atomic E-state index is 13.4. The third kappa shape index (κ3) is 5.33. The van der Waals surface area contributed by atoms with Gasteiger partial charge in [0.25, 0.3) is 5.56 Å². The molecule has 7 nitrogen and oxygen atoms in total. The Labute approximate surface area is 200 Å². The minimum absolute atomic E-state index is 0.195. The van der Waals surface area contributed by atoms with E-state index in [1.807, 2.05) is 19.1 Å². The van der Waals surface area contributed by atoms with Crippen LogP contribution in [0, 0.1) is 0 Å². The smallest absolute Gasteiger partial charge is 0.308 e. The molecule has 4 rings (SSSR count). The fourth-order valence-electron chi connectivity index (χ4n) is 4.14. The van der Waals surface area contributed by atoms with Crippen molar-refractivity contribution < 1.29 is 14.3 Å². The van der Waals surface area contributed by atoms with Crippen molar-refractivity contribution in [1.82, 2.24) is 9.66 Å². The normalized spacial score (nSPS) is 14.6. The molecule has 1 saturated carbocycles. The van der Waals surface area contributed by atoms with Crippen molar-refractivity contribution >= 4 is 39.0 Å². The molecular formula is C25H26BrN3O4. The fraction of sp³-hybridized carbons (Fsp3) is 0.360. The Hall–Kier alpha value is -3.00. The van der Waals surface area contributed by atoms with Gasteiger partial charge < -0.3 is 9.47 Å². The lowest BCUT2D eigenvalue weighted by Crippen LogP contribution is -2.25. The number of ether oxygens (including phenoxy) is 2. The highest BCUT2D eigenvalue weighted by molar-refractivity contribution is 9.10. The Kier molecular flexibility index (Phi) is 7.23. The van der Waals surface area contributed by atoms with Gasteiger partial charge in [-0.25, -0.2) is 4.98 Å². The lowest BCUT2D eigenvalue weighted by atomic mass is 9.88. The molecular weight excluding hydrogens is 486 g/mol. The standard InChI is InChI=1S/C25H26BrN3O4/c1-3-32-23-13-17(9-12-22(23)33-16(2)30)15-27-29-24(18-7-5-4-6-8-18)28-21-11-10-19(26)14-20(21)25(29)31/h9-15,18H,3-8H2,1-2H3. The van der Waals surface area contributed by atoms with Gasteiger partial charge in [-0.15, -0.1) is 0 Å². The molecule has 1 fully saturated rings. The van der Waals surface area contributed by atoms with Crippen molar-refractivity contribution in [2.75, 3.05) is 6.61 Å². The lowest BCUT2D eigenvalue weighted by molar-refractivity contribution is -0.132. The monoisotopic (exact) mass is 511 g/mol. The molecule has 0 unspecified atom stereocenters. The molecule has 0 saturated heterocycles. The maximum Gasteiger partial charge on any atom is 0.308 e. The highest BCUT2D eigenvalue weighted by Crippen LogP contribution is 2.32. The predicted molar refractivity (Wildman–Crippen MR) is 131 cm³/mol. The second-order valence-corrected chi connectivity index (χ2v) is 8.98. The molecule has 0 amide bonds. The lowest BCUT2D eigenvalue weighted by Gasteiger charge is -2.22. The average molecular weight is 512 g/mol. The van der Waals surface area contributed by atoms with Crippen LogP contribution in [0.1, 0.15) is 63.3 Å². The first kappa shape index (κ1) is 23.2. The number of benzene rings is 2. The van der Waals surface area contributed by atoms with Crippen LogP contribution in [0.2, 0.25) is 0 Å². The van der Waals surface area contributed by atoms with Crippen molar-refractivity contribution in [1.29, 1.82) is 0 Å². The first-order valence-corrected chi connectivity index (χ1v) is 12.0. The minimum atomic E-state index is -0.422. The fourth-order valence-corrected chi connectivity index (χ4v) is 4.50. The Morgan fingerprint density at radius 2 is 1.97 bits per heavy atom. The molecule has 1 aliphatic carbocycles. The van der Waals surface area contributed by atoms with Crippen molar-refractivity contribution in [2.45, 2.75) is 51.9 Å². The van der Waals surface area contributed by atoms with Gasteiger partial charge in [0.05, 0.1) is 23.7 Å². The quantitative estimate of drug-likeness (QED) is 0.251. The number of fused-ring (bicyclic) bond motifs is 1. The van der Waals surface area contributed by atoms with E-state index in [9.17, 15) is 9.59 Å². The summed E-state index contributed by atoms with van der Waals surface area (Å²) in [6, 6.07) is 10.7. The third-order valence-electron chi connectivity index (χ3n) is 5.65. The Balaban J connectivity index is 1.78. The molecule has 1 aliphatic rings. The van der Waals surface area contributed by atoms with Crippen LogP contribution in [-0.2, 0) is 4.79 Å². The van der Waals surface area contributed by atoms with E-state index >= 15 is 0 Å². The number of hydrogen-bond donors (Lipinski definition) is 0. The second-order valence-electron chi connectivity index (χ2n) is 8.06. The summed E-state index contributed by atoms with van der Waals surface area (Å²) < 4.78 is 13.1. The SMILES string of the molecule is CCOc1cc(C=Nn2c(C3CCCCC3)nc3ccc(Br)cc3c2=O)ccc1OC(C)=O. The van der Waals surface area contributed by atoms with Crippen molar-refractivity contribution in [2.24, 2.45) is 5.10 Å². The zero-order chi connectivity index (χ0) is 23.4. The van der Waals surface area contributed by atoms with Gasteiger partial charge in [0.15, 0.2) is 11.5 Å². The van der Waals surface area contributed by atoms with E-state index in [1.54, 1.807) is 30.5 Å². The number of carbonyl (C=O) groups is 1. The molecule has 0 spiro atoms. The van der Waals surface area contributed by atoms with Gasteiger partial charge in [0.1, 0.15) is 5.82 Å². The van der Waals surface area contributed by atoms with E-state index in [1.165, 1.54) is 18.0 Å². The molecule has 3 aromatic rings. The Morgan fingerprint density at radius 3 is 2.70 bits per heavy atom. The van der Waals surface area contributed by atoms with Crippen LogP contribution >= 0.6 is 15.9 Å². The van der Waals surface area contributed by atoms with E-state index in [-0.39, 0.29) is 11.5 Å². The topological polar surface area (TPSA) is 82.8 Å². The largest absolute Gasteiger partial charge is 0.490 e. The summed E-state index contributed by atoms with van der Waals surface area (Å²) in [5.74, 6) is 1.26. The molecule has 0 N–H and O–H groups in total.